The molecule has 0 spiro atoms. The third-order valence-electron chi connectivity index (χ3n) is 3.71. The Morgan fingerprint density at radius 2 is 2.00 bits per heavy atom. The first-order valence-corrected chi connectivity index (χ1v) is 7.41. The highest BCUT2D eigenvalue weighted by atomic mass is 32.2. The number of aromatic nitrogens is 2. The number of hydrogen-bond acceptors (Lipinski definition) is 4. The third-order valence-corrected chi connectivity index (χ3v) is 5.23. The number of aromatic amines is 1. The van der Waals surface area contributed by atoms with Gasteiger partial charge in [0.25, 0.3) is 0 Å². The van der Waals surface area contributed by atoms with E-state index in [9.17, 15) is 0 Å². The average Bonchev–Trinajstić information content (AvgIpc) is 3.03. The number of thioether (sulfide) groups is 1. The predicted octanol–water partition coefficient (Wildman–Crippen LogP) is 3.32. The zero-order valence-electron chi connectivity index (χ0n) is 11.4. The Bertz CT molecular complexity index is 562. The molecule has 1 fully saturated rings. The lowest BCUT2D eigenvalue weighted by Crippen LogP contribution is -2.14. The molecule has 1 saturated heterocycles. The van der Waals surface area contributed by atoms with Crippen molar-refractivity contribution in [2.24, 2.45) is 0 Å². The lowest BCUT2D eigenvalue weighted by atomic mass is 10.1. The largest absolute Gasteiger partial charge is 0.493 e. The van der Waals surface area contributed by atoms with Gasteiger partial charge in [-0.05, 0) is 25.5 Å². The van der Waals surface area contributed by atoms with Crippen LogP contribution in [0.5, 0.6) is 11.5 Å². The summed E-state index contributed by atoms with van der Waals surface area (Å²) in [5.74, 6) is 3.72. The van der Waals surface area contributed by atoms with Gasteiger partial charge in [-0.15, -0.1) is 11.8 Å². The molecule has 0 amide bonds. The SMILES string of the molecule is COc1cc2nc(C3(C)CCCS3)[nH]c2cc1OC. The van der Waals surface area contributed by atoms with Crippen molar-refractivity contribution in [3.8, 4) is 11.5 Å². The molecule has 2 heterocycles. The molecule has 1 atom stereocenters. The number of nitrogens with one attached hydrogen (secondary N) is 1. The molecule has 0 radical (unpaired) electrons. The number of rotatable bonds is 3. The summed E-state index contributed by atoms with van der Waals surface area (Å²) >= 11 is 1.98. The fourth-order valence-corrected chi connectivity index (χ4v) is 3.81. The molecule has 1 aromatic heterocycles. The summed E-state index contributed by atoms with van der Waals surface area (Å²) in [5, 5.41) is 0. The maximum absolute atomic E-state index is 5.33. The van der Waals surface area contributed by atoms with Gasteiger partial charge in [0, 0.05) is 12.1 Å². The standard InChI is InChI=1S/C14H18N2O2S/c1-14(5-4-6-19-14)13-15-9-7-11(17-2)12(18-3)8-10(9)16-13/h7-8H,4-6H2,1-3H3,(H,15,16). The number of imidazole rings is 1. The first kappa shape index (κ1) is 12.7. The van der Waals surface area contributed by atoms with Gasteiger partial charge in [0.2, 0.25) is 0 Å². The van der Waals surface area contributed by atoms with Crippen molar-refractivity contribution in [2.75, 3.05) is 20.0 Å². The molecule has 5 heteroatoms. The molecule has 1 N–H and O–H groups in total. The van der Waals surface area contributed by atoms with Crippen molar-refractivity contribution in [1.29, 1.82) is 0 Å². The van der Waals surface area contributed by atoms with E-state index in [-0.39, 0.29) is 4.75 Å². The van der Waals surface area contributed by atoms with Crippen LogP contribution in [0.4, 0.5) is 0 Å². The zero-order valence-corrected chi connectivity index (χ0v) is 12.3. The van der Waals surface area contributed by atoms with Crippen LogP contribution in [0.1, 0.15) is 25.6 Å². The number of hydrogen-bond donors (Lipinski definition) is 1. The molecule has 4 nitrogen and oxygen atoms in total. The highest BCUT2D eigenvalue weighted by Gasteiger charge is 2.34. The molecule has 1 unspecified atom stereocenters. The summed E-state index contributed by atoms with van der Waals surface area (Å²) in [6, 6.07) is 3.88. The highest BCUT2D eigenvalue weighted by molar-refractivity contribution is 8.00. The van der Waals surface area contributed by atoms with Gasteiger partial charge in [0.1, 0.15) is 5.82 Å². The summed E-state index contributed by atoms with van der Waals surface area (Å²) in [5.41, 5.74) is 1.93. The van der Waals surface area contributed by atoms with Crippen LogP contribution in [0.3, 0.4) is 0 Å². The van der Waals surface area contributed by atoms with Crippen molar-refractivity contribution in [3.05, 3.63) is 18.0 Å². The van der Waals surface area contributed by atoms with E-state index >= 15 is 0 Å². The Balaban J connectivity index is 2.10. The van der Waals surface area contributed by atoms with Crippen LogP contribution < -0.4 is 9.47 Å². The molecule has 3 rings (SSSR count). The summed E-state index contributed by atoms with van der Waals surface area (Å²) in [7, 11) is 3.29. The monoisotopic (exact) mass is 278 g/mol. The zero-order chi connectivity index (χ0) is 13.5. The average molecular weight is 278 g/mol. The van der Waals surface area contributed by atoms with Crippen LogP contribution in [0.15, 0.2) is 12.1 Å². The quantitative estimate of drug-likeness (QED) is 0.935. The molecule has 1 aromatic carbocycles. The second-order valence-electron chi connectivity index (χ2n) is 4.99. The second-order valence-corrected chi connectivity index (χ2v) is 6.59. The van der Waals surface area contributed by atoms with Gasteiger partial charge in [-0.25, -0.2) is 4.98 Å². The molecule has 102 valence electrons. The van der Waals surface area contributed by atoms with E-state index < -0.39 is 0 Å². The summed E-state index contributed by atoms with van der Waals surface area (Å²) in [6.07, 6.45) is 2.43. The molecular formula is C14H18N2O2S. The van der Waals surface area contributed by atoms with E-state index in [1.54, 1.807) is 14.2 Å². The normalized spacial score (nSPS) is 22.9. The summed E-state index contributed by atoms with van der Waals surface area (Å²) in [4.78, 5) is 8.18. The Morgan fingerprint density at radius 3 is 2.63 bits per heavy atom. The highest BCUT2D eigenvalue weighted by Crippen LogP contribution is 2.45. The molecule has 0 saturated carbocycles. The van der Waals surface area contributed by atoms with E-state index in [0.29, 0.717) is 0 Å². The third kappa shape index (κ3) is 2.06. The number of methoxy groups -OCH3 is 2. The number of fused-ring (bicyclic) bond motifs is 1. The number of benzene rings is 1. The number of nitrogens with zero attached hydrogens (tertiary/aromatic N) is 1. The first-order chi connectivity index (χ1) is 9.16. The molecule has 0 bridgehead atoms. The van der Waals surface area contributed by atoms with Crippen LogP contribution in [0, 0.1) is 0 Å². The minimum atomic E-state index is 0.111. The van der Waals surface area contributed by atoms with Crippen LogP contribution in [0.2, 0.25) is 0 Å². The van der Waals surface area contributed by atoms with Gasteiger partial charge in [0.15, 0.2) is 11.5 Å². The Labute approximate surface area is 116 Å². The van der Waals surface area contributed by atoms with Crippen LogP contribution in [0.25, 0.3) is 11.0 Å². The topological polar surface area (TPSA) is 47.1 Å². The number of ether oxygens (including phenoxy) is 2. The van der Waals surface area contributed by atoms with Crippen molar-refractivity contribution in [1.82, 2.24) is 9.97 Å². The van der Waals surface area contributed by atoms with E-state index in [2.05, 4.69) is 11.9 Å². The lowest BCUT2D eigenvalue weighted by molar-refractivity contribution is 0.356. The van der Waals surface area contributed by atoms with E-state index in [4.69, 9.17) is 14.5 Å². The van der Waals surface area contributed by atoms with Crippen molar-refractivity contribution in [3.63, 3.8) is 0 Å². The van der Waals surface area contributed by atoms with Crippen LogP contribution in [-0.2, 0) is 4.75 Å². The minimum absolute atomic E-state index is 0.111. The first-order valence-electron chi connectivity index (χ1n) is 6.42. The number of H-pyrrole nitrogens is 1. The van der Waals surface area contributed by atoms with E-state index in [1.165, 1.54) is 18.6 Å². The van der Waals surface area contributed by atoms with Crippen molar-refractivity contribution < 1.29 is 9.47 Å². The Morgan fingerprint density at radius 1 is 1.26 bits per heavy atom. The summed E-state index contributed by atoms with van der Waals surface area (Å²) < 4.78 is 10.8. The van der Waals surface area contributed by atoms with Gasteiger partial charge in [-0.3, -0.25) is 0 Å². The Hall–Kier alpha value is -1.36. The van der Waals surface area contributed by atoms with Crippen LogP contribution in [-0.4, -0.2) is 29.9 Å². The molecular weight excluding hydrogens is 260 g/mol. The van der Waals surface area contributed by atoms with Crippen LogP contribution >= 0.6 is 11.8 Å². The van der Waals surface area contributed by atoms with Gasteiger partial charge in [-0.1, -0.05) is 0 Å². The van der Waals surface area contributed by atoms with Crippen molar-refractivity contribution >= 4 is 22.8 Å². The van der Waals surface area contributed by atoms with Crippen molar-refractivity contribution in [2.45, 2.75) is 24.5 Å². The molecule has 0 aliphatic carbocycles. The summed E-state index contributed by atoms with van der Waals surface area (Å²) in [6.45, 7) is 2.26. The maximum Gasteiger partial charge on any atom is 0.163 e. The van der Waals surface area contributed by atoms with Gasteiger partial charge >= 0.3 is 0 Å². The molecule has 1 aliphatic rings. The minimum Gasteiger partial charge on any atom is -0.493 e. The fraction of sp³-hybridized carbons (Fsp3) is 0.500. The van der Waals surface area contributed by atoms with Gasteiger partial charge in [-0.2, -0.15) is 0 Å². The lowest BCUT2D eigenvalue weighted by Gasteiger charge is -2.18. The second kappa shape index (κ2) is 4.63. The molecule has 19 heavy (non-hydrogen) atoms. The molecule has 2 aromatic rings. The Kier molecular flexibility index (Phi) is 3.09. The molecule has 1 aliphatic heterocycles. The van der Waals surface area contributed by atoms with E-state index in [1.807, 2.05) is 23.9 Å². The fourth-order valence-electron chi connectivity index (χ4n) is 2.55. The van der Waals surface area contributed by atoms with E-state index in [0.717, 1.165) is 28.4 Å². The maximum atomic E-state index is 5.33. The smallest absolute Gasteiger partial charge is 0.163 e. The predicted molar refractivity (Wildman–Crippen MR) is 78.2 cm³/mol. The van der Waals surface area contributed by atoms with Gasteiger partial charge < -0.3 is 14.5 Å². The van der Waals surface area contributed by atoms with Gasteiger partial charge in [0.05, 0.1) is 30.0 Å².